The number of carbonyl (C=O) groups is 1. The normalized spacial score (nSPS) is 14.8. The molecule has 2 aromatic carbocycles. The molecule has 1 aliphatic heterocycles. The number of hydrogen-bond acceptors (Lipinski definition) is 10. The summed E-state index contributed by atoms with van der Waals surface area (Å²) in [6, 6.07) is 13.8. The molecule has 4 heterocycles. The number of carbonyl (C=O) groups excluding carboxylic acids is 1. The molecule has 12 heteroatoms. The first-order valence-electron chi connectivity index (χ1n) is 12.1. The fourth-order valence-corrected chi connectivity index (χ4v) is 5.02. The van der Waals surface area contributed by atoms with Gasteiger partial charge in [-0.25, -0.2) is 24.3 Å². The molecule has 1 atom stereocenters. The van der Waals surface area contributed by atoms with E-state index in [4.69, 9.17) is 4.42 Å². The van der Waals surface area contributed by atoms with Crippen LogP contribution in [-0.4, -0.2) is 42.9 Å². The Labute approximate surface area is 226 Å². The Morgan fingerprint density at radius 2 is 1.85 bits per heavy atom. The minimum atomic E-state index is -1.17. The summed E-state index contributed by atoms with van der Waals surface area (Å²) in [6.45, 7) is 3.86. The van der Waals surface area contributed by atoms with Gasteiger partial charge >= 0.3 is 6.01 Å². The molecule has 0 spiro atoms. The average Bonchev–Trinajstić information content (AvgIpc) is 3.55. The number of anilines is 2. The van der Waals surface area contributed by atoms with Crippen molar-refractivity contribution in [2.75, 3.05) is 10.6 Å². The fraction of sp³-hybridized carbons (Fsp3) is 0.148. The van der Waals surface area contributed by atoms with Crippen LogP contribution in [0.4, 0.5) is 16.1 Å². The van der Waals surface area contributed by atoms with Crippen LogP contribution in [0.3, 0.4) is 0 Å². The Morgan fingerprint density at radius 3 is 2.62 bits per heavy atom. The number of hydrogen-bond donors (Lipinski definition) is 2. The van der Waals surface area contributed by atoms with E-state index in [-0.39, 0.29) is 17.6 Å². The number of para-hydroxylation sites is 1. The van der Waals surface area contributed by atoms with Crippen LogP contribution in [0.25, 0.3) is 22.0 Å². The quantitative estimate of drug-likeness (QED) is 0.311. The van der Waals surface area contributed by atoms with Crippen LogP contribution in [0.15, 0.2) is 70.3 Å². The van der Waals surface area contributed by atoms with Crippen molar-refractivity contribution in [2.24, 2.45) is 4.99 Å². The smallest absolute Gasteiger partial charge is 0.317 e. The number of halogens is 1. The van der Waals surface area contributed by atoms with Gasteiger partial charge in [0.15, 0.2) is 0 Å². The van der Waals surface area contributed by atoms with Crippen LogP contribution >= 0.6 is 11.3 Å². The van der Waals surface area contributed by atoms with Crippen LogP contribution in [0.2, 0.25) is 0 Å². The topological polar surface area (TPSA) is 131 Å². The van der Waals surface area contributed by atoms with Gasteiger partial charge in [0.1, 0.15) is 17.3 Å². The fourth-order valence-electron chi connectivity index (χ4n) is 4.14. The Kier molecular flexibility index (Phi) is 6.37. The molecule has 0 saturated carbocycles. The van der Waals surface area contributed by atoms with Gasteiger partial charge in [0.2, 0.25) is 6.17 Å². The summed E-state index contributed by atoms with van der Waals surface area (Å²) >= 11 is 1.46. The van der Waals surface area contributed by atoms with Crippen LogP contribution in [0.5, 0.6) is 0 Å². The number of nitrogens with zero attached hydrogens (tertiary/aromatic N) is 6. The number of benzene rings is 2. The van der Waals surface area contributed by atoms with E-state index >= 15 is 0 Å². The Bertz CT molecular complexity index is 1700. The van der Waals surface area contributed by atoms with Crippen molar-refractivity contribution in [3.05, 3.63) is 88.7 Å². The lowest BCUT2D eigenvalue weighted by Crippen LogP contribution is -2.32. The first-order chi connectivity index (χ1) is 19.0. The molecule has 5 aromatic rings. The zero-order valence-corrected chi connectivity index (χ0v) is 21.7. The van der Waals surface area contributed by atoms with Crippen LogP contribution in [0.1, 0.15) is 28.9 Å². The number of aryl methyl sites for hydroxylation is 2. The Balaban J connectivity index is 1.34. The summed E-state index contributed by atoms with van der Waals surface area (Å²) in [4.78, 5) is 31.9. The maximum Gasteiger partial charge on any atom is 0.317 e. The standard InChI is InChI=1S/C27H21FN8O2S/c1-3-19-29-12-16(13-30-19)23-22(31-14(2)39-23)26-35-36-27(38-26)34-24-25(37)33-21-17(10-7-11-18(21)28)20(32-24)15-8-5-4-6-9-15/h4-13,24H,3H2,1-2H3,(H,33,37)(H,34,36)/t24-/m1/s1. The largest absolute Gasteiger partial charge is 0.402 e. The van der Waals surface area contributed by atoms with Gasteiger partial charge in [-0.2, -0.15) is 0 Å². The molecular formula is C27H21FN8O2S. The number of rotatable bonds is 6. The molecule has 0 saturated heterocycles. The predicted octanol–water partition coefficient (Wildman–Crippen LogP) is 4.89. The zero-order chi connectivity index (χ0) is 26.9. The molecule has 0 fully saturated rings. The molecule has 39 heavy (non-hydrogen) atoms. The number of nitrogens with one attached hydrogen (secondary N) is 2. The highest BCUT2D eigenvalue weighted by Gasteiger charge is 2.29. The first-order valence-corrected chi connectivity index (χ1v) is 12.9. The van der Waals surface area contributed by atoms with Crippen molar-refractivity contribution in [1.82, 2.24) is 25.1 Å². The van der Waals surface area contributed by atoms with Gasteiger partial charge in [-0.1, -0.05) is 54.5 Å². The number of thiazole rings is 1. The molecular weight excluding hydrogens is 519 g/mol. The molecule has 1 aliphatic rings. The Morgan fingerprint density at radius 1 is 1.05 bits per heavy atom. The van der Waals surface area contributed by atoms with Crippen molar-refractivity contribution >= 4 is 34.7 Å². The zero-order valence-electron chi connectivity index (χ0n) is 20.8. The summed E-state index contributed by atoms with van der Waals surface area (Å²) in [5.41, 5.74) is 2.94. The van der Waals surface area contributed by atoms with Gasteiger partial charge in [0.25, 0.3) is 11.8 Å². The van der Waals surface area contributed by atoms with Gasteiger partial charge in [-0.15, -0.1) is 16.4 Å². The highest BCUT2D eigenvalue weighted by atomic mass is 32.1. The molecule has 1 amide bonds. The van der Waals surface area contributed by atoms with Crippen molar-refractivity contribution in [3.63, 3.8) is 0 Å². The minimum Gasteiger partial charge on any atom is -0.402 e. The molecule has 3 aromatic heterocycles. The monoisotopic (exact) mass is 540 g/mol. The summed E-state index contributed by atoms with van der Waals surface area (Å²) in [7, 11) is 0. The highest BCUT2D eigenvalue weighted by molar-refractivity contribution is 7.15. The number of fused-ring (bicyclic) bond motifs is 1. The highest BCUT2D eigenvalue weighted by Crippen LogP contribution is 2.36. The third-order valence-corrected chi connectivity index (χ3v) is 7.00. The van der Waals surface area contributed by atoms with E-state index in [1.54, 1.807) is 24.5 Å². The van der Waals surface area contributed by atoms with E-state index in [0.717, 1.165) is 33.3 Å². The summed E-state index contributed by atoms with van der Waals surface area (Å²) in [6.07, 6.45) is 3.04. The van der Waals surface area contributed by atoms with Gasteiger partial charge in [0, 0.05) is 35.5 Å². The van der Waals surface area contributed by atoms with Gasteiger partial charge in [-0.05, 0) is 13.0 Å². The molecule has 0 unspecified atom stereocenters. The van der Waals surface area contributed by atoms with Crippen molar-refractivity contribution < 1.29 is 13.6 Å². The van der Waals surface area contributed by atoms with Crippen molar-refractivity contribution in [3.8, 4) is 22.0 Å². The molecule has 6 rings (SSSR count). The number of benzodiazepines with no additional fused rings is 1. The Hall–Kier alpha value is -4.84. The van der Waals surface area contributed by atoms with E-state index in [0.29, 0.717) is 17.0 Å². The lowest BCUT2D eigenvalue weighted by atomic mass is 10.0. The second kappa shape index (κ2) is 10.1. The van der Waals surface area contributed by atoms with E-state index in [1.807, 2.05) is 44.2 Å². The maximum absolute atomic E-state index is 14.7. The second-order valence-electron chi connectivity index (χ2n) is 8.61. The predicted molar refractivity (Wildman–Crippen MR) is 145 cm³/mol. The lowest BCUT2D eigenvalue weighted by molar-refractivity contribution is -0.116. The number of aliphatic imine (C=N–C) groups is 1. The van der Waals surface area contributed by atoms with E-state index in [1.165, 1.54) is 17.4 Å². The van der Waals surface area contributed by atoms with E-state index < -0.39 is 17.9 Å². The van der Waals surface area contributed by atoms with Crippen LogP contribution in [0, 0.1) is 12.7 Å². The van der Waals surface area contributed by atoms with Crippen molar-refractivity contribution in [1.29, 1.82) is 0 Å². The molecule has 0 radical (unpaired) electrons. The average molecular weight is 541 g/mol. The number of amides is 1. The maximum atomic E-state index is 14.7. The SMILES string of the molecule is CCc1ncc(-c2sc(C)nc2-c2nnc(N[C@H]3N=C(c4ccccc4)c4cccc(F)c4NC3=O)o2)cn1. The molecule has 10 nitrogen and oxygen atoms in total. The second-order valence-corrected chi connectivity index (χ2v) is 9.81. The summed E-state index contributed by atoms with van der Waals surface area (Å²) < 4.78 is 20.6. The summed E-state index contributed by atoms with van der Waals surface area (Å²) in [5, 5.41) is 14.5. The van der Waals surface area contributed by atoms with Gasteiger partial charge < -0.3 is 15.1 Å². The molecule has 0 bridgehead atoms. The minimum absolute atomic E-state index is 0.0399. The van der Waals surface area contributed by atoms with Crippen LogP contribution < -0.4 is 10.6 Å². The van der Waals surface area contributed by atoms with Crippen LogP contribution in [-0.2, 0) is 11.2 Å². The molecule has 194 valence electrons. The van der Waals surface area contributed by atoms with Gasteiger partial charge in [0.05, 0.1) is 21.3 Å². The first kappa shape index (κ1) is 24.5. The van der Waals surface area contributed by atoms with Gasteiger partial charge in [-0.3, -0.25) is 4.79 Å². The third-order valence-electron chi connectivity index (χ3n) is 5.98. The molecule has 0 aliphatic carbocycles. The summed E-state index contributed by atoms with van der Waals surface area (Å²) in [5.74, 6) is -0.241. The van der Waals surface area contributed by atoms with E-state index in [2.05, 4.69) is 40.8 Å². The number of aromatic nitrogens is 5. The van der Waals surface area contributed by atoms with Crippen molar-refractivity contribution in [2.45, 2.75) is 26.4 Å². The third kappa shape index (κ3) is 4.77. The lowest BCUT2D eigenvalue weighted by Gasteiger charge is -2.11. The molecule has 2 N–H and O–H groups in total. The van der Waals surface area contributed by atoms with E-state index in [9.17, 15) is 9.18 Å².